The molecule has 1 atom stereocenters. The molecule has 0 spiro atoms. The number of benzene rings is 2. The summed E-state index contributed by atoms with van der Waals surface area (Å²) in [7, 11) is 2.50. The van der Waals surface area contributed by atoms with Crippen molar-refractivity contribution in [2.24, 2.45) is 0 Å². The fraction of sp³-hybridized carbons (Fsp3) is 0.238. The summed E-state index contributed by atoms with van der Waals surface area (Å²) in [5.74, 6) is -1.53. The van der Waals surface area contributed by atoms with Crippen molar-refractivity contribution in [1.82, 2.24) is 10.3 Å². The number of nitrogens with one attached hydrogen (secondary N) is 1. The molecule has 1 amide bonds. The zero-order valence-electron chi connectivity index (χ0n) is 15.6. The molecular formula is C21H20N2O5. The molecule has 144 valence electrons. The van der Waals surface area contributed by atoms with Crippen molar-refractivity contribution in [3.05, 3.63) is 54.1 Å². The number of hydrogen-bond acceptors (Lipinski definition) is 6. The van der Waals surface area contributed by atoms with Crippen LogP contribution in [0.1, 0.15) is 23.2 Å². The Morgan fingerprint density at radius 1 is 0.929 bits per heavy atom. The number of ether oxygens (including phenoxy) is 2. The molecule has 0 aliphatic rings. The second kappa shape index (κ2) is 8.47. The van der Waals surface area contributed by atoms with E-state index in [0.717, 1.165) is 0 Å². The van der Waals surface area contributed by atoms with Crippen LogP contribution in [0.2, 0.25) is 0 Å². The minimum Gasteiger partial charge on any atom is -0.469 e. The highest BCUT2D eigenvalue weighted by Crippen LogP contribution is 2.26. The van der Waals surface area contributed by atoms with Gasteiger partial charge in [0.15, 0.2) is 0 Å². The summed E-state index contributed by atoms with van der Waals surface area (Å²) >= 11 is 0. The molecule has 1 heterocycles. The van der Waals surface area contributed by atoms with Gasteiger partial charge in [0.05, 0.1) is 30.8 Å². The van der Waals surface area contributed by atoms with Crippen LogP contribution >= 0.6 is 0 Å². The highest BCUT2D eigenvalue weighted by Gasteiger charge is 2.25. The number of hydrogen-bond donors (Lipinski definition) is 1. The van der Waals surface area contributed by atoms with E-state index in [2.05, 4.69) is 15.0 Å². The maximum atomic E-state index is 13.2. The Kier molecular flexibility index (Phi) is 5.84. The van der Waals surface area contributed by atoms with Crippen molar-refractivity contribution in [1.29, 1.82) is 0 Å². The molecule has 0 unspecified atom stereocenters. The van der Waals surface area contributed by atoms with E-state index in [0.29, 0.717) is 27.4 Å². The zero-order chi connectivity index (χ0) is 20.1. The zero-order valence-corrected chi connectivity index (χ0v) is 15.6. The first-order chi connectivity index (χ1) is 13.5. The third kappa shape index (κ3) is 3.93. The molecule has 0 aliphatic heterocycles. The van der Waals surface area contributed by atoms with Crippen molar-refractivity contribution in [2.45, 2.75) is 18.9 Å². The van der Waals surface area contributed by atoms with Gasteiger partial charge in [0.25, 0.3) is 5.91 Å². The molecule has 0 aliphatic carbocycles. The number of esters is 2. The van der Waals surface area contributed by atoms with Crippen LogP contribution in [-0.4, -0.2) is 43.1 Å². The lowest BCUT2D eigenvalue weighted by Crippen LogP contribution is -2.42. The van der Waals surface area contributed by atoms with Gasteiger partial charge in [-0.25, -0.2) is 9.78 Å². The minimum absolute atomic E-state index is 0.0195. The number of rotatable bonds is 6. The van der Waals surface area contributed by atoms with Crippen molar-refractivity contribution in [3.63, 3.8) is 0 Å². The largest absolute Gasteiger partial charge is 0.469 e. The van der Waals surface area contributed by atoms with Crippen LogP contribution in [0.3, 0.4) is 0 Å². The van der Waals surface area contributed by atoms with Crippen LogP contribution in [0.4, 0.5) is 0 Å². The normalized spacial score (nSPS) is 11.8. The fourth-order valence-corrected chi connectivity index (χ4v) is 3.07. The van der Waals surface area contributed by atoms with Gasteiger partial charge >= 0.3 is 11.9 Å². The number of aromatic nitrogens is 1. The summed E-state index contributed by atoms with van der Waals surface area (Å²) in [5, 5.41) is 4.05. The second-order valence-electron chi connectivity index (χ2n) is 6.19. The highest BCUT2D eigenvalue weighted by atomic mass is 16.5. The first-order valence-corrected chi connectivity index (χ1v) is 8.78. The van der Waals surface area contributed by atoms with Gasteiger partial charge in [0.1, 0.15) is 6.04 Å². The molecule has 2 aromatic carbocycles. The molecule has 1 N–H and O–H groups in total. The van der Waals surface area contributed by atoms with E-state index in [1.54, 1.807) is 0 Å². The van der Waals surface area contributed by atoms with Crippen LogP contribution in [0, 0.1) is 0 Å². The van der Waals surface area contributed by atoms with Crippen LogP contribution in [0.15, 0.2) is 48.5 Å². The number of carbonyl (C=O) groups excluding carboxylic acids is 3. The predicted octanol–water partition coefficient (Wildman–Crippen LogP) is 2.61. The lowest BCUT2D eigenvalue weighted by atomic mass is 10.0. The minimum atomic E-state index is -0.970. The summed E-state index contributed by atoms with van der Waals surface area (Å²) in [6.07, 6.45) is 0.0560. The molecular weight excluding hydrogens is 360 g/mol. The summed E-state index contributed by atoms with van der Waals surface area (Å²) in [6, 6.07) is 13.6. The Balaban J connectivity index is 2.00. The summed E-state index contributed by atoms with van der Waals surface area (Å²) < 4.78 is 9.38. The predicted molar refractivity (Wildman–Crippen MR) is 104 cm³/mol. The highest BCUT2D eigenvalue weighted by molar-refractivity contribution is 6.16. The average Bonchev–Trinajstić information content (AvgIpc) is 2.73. The van der Waals surface area contributed by atoms with Crippen molar-refractivity contribution >= 4 is 39.7 Å². The summed E-state index contributed by atoms with van der Waals surface area (Å²) in [5.41, 5.74) is 1.78. The van der Waals surface area contributed by atoms with Gasteiger partial charge in [-0.1, -0.05) is 36.4 Å². The second-order valence-corrected chi connectivity index (χ2v) is 6.19. The lowest BCUT2D eigenvalue weighted by Gasteiger charge is -2.17. The number of methoxy groups -OCH3 is 2. The summed E-state index contributed by atoms with van der Waals surface area (Å²) in [6.45, 7) is 0. The van der Waals surface area contributed by atoms with Crippen LogP contribution in [0.25, 0.3) is 21.8 Å². The smallest absolute Gasteiger partial charge is 0.328 e. The Morgan fingerprint density at radius 3 is 2.04 bits per heavy atom. The van der Waals surface area contributed by atoms with Crippen LogP contribution < -0.4 is 5.32 Å². The van der Waals surface area contributed by atoms with E-state index < -0.39 is 23.9 Å². The molecule has 0 fully saturated rings. The average molecular weight is 380 g/mol. The Hall–Kier alpha value is -3.48. The van der Waals surface area contributed by atoms with E-state index in [-0.39, 0.29) is 12.8 Å². The van der Waals surface area contributed by atoms with Crippen molar-refractivity contribution in [2.75, 3.05) is 14.2 Å². The van der Waals surface area contributed by atoms with Gasteiger partial charge in [0, 0.05) is 17.2 Å². The molecule has 0 bridgehead atoms. The van der Waals surface area contributed by atoms with Crippen LogP contribution in [-0.2, 0) is 19.1 Å². The molecule has 3 rings (SSSR count). The van der Waals surface area contributed by atoms with E-state index in [9.17, 15) is 14.4 Å². The lowest BCUT2D eigenvalue weighted by molar-refractivity contribution is -0.144. The van der Waals surface area contributed by atoms with Gasteiger partial charge in [-0.3, -0.25) is 9.59 Å². The van der Waals surface area contributed by atoms with Gasteiger partial charge < -0.3 is 14.8 Å². The van der Waals surface area contributed by atoms with Crippen molar-refractivity contribution < 1.29 is 23.9 Å². The molecule has 7 nitrogen and oxygen atoms in total. The number of amides is 1. The Morgan fingerprint density at radius 2 is 1.50 bits per heavy atom. The Labute approximate surface area is 161 Å². The fourth-order valence-electron chi connectivity index (χ4n) is 3.07. The quantitative estimate of drug-likeness (QED) is 0.522. The SMILES string of the molecule is COC(=O)CC[C@H](NC(=O)c1c2ccccc2nc2ccccc12)C(=O)OC. The van der Waals surface area contributed by atoms with Crippen molar-refractivity contribution in [3.8, 4) is 0 Å². The van der Waals surface area contributed by atoms with Gasteiger partial charge in [0.2, 0.25) is 0 Å². The number of fused-ring (bicyclic) bond motifs is 2. The van der Waals surface area contributed by atoms with Gasteiger partial charge in [-0.05, 0) is 18.6 Å². The first kappa shape index (κ1) is 19.3. The Bertz CT molecular complexity index is 993. The first-order valence-electron chi connectivity index (χ1n) is 8.78. The number of pyridine rings is 1. The monoisotopic (exact) mass is 380 g/mol. The third-order valence-electron chi connectivity index (χ3n) is 4.47. The van der Waals surface area contributed by atoms with E-state index in [1.807, 2.05) is 48.5 Å². The molecule has 0 saturated heterocycles. The van der Waals surface area contributed by atoms with Gasteiger partial charge in [-0.15, -0.1) is 0 Å². The summed E-state index contributed by atoms with van der Waals surface area (Å²) in [4.78, 5) is 41.3. The van der Waals surface area contributed by atoms with E-state index >= 15 is 0 Å². The third-order valence-corrected chi connectivity index (χ3v) is 4.47. The maximum Gasteiger partial charge on any atom is 0.328 e. The van der Waals surface area contributed by atoms with E-state index in [4.69, 9.17) is 4.74 Å². The molecule has 7 heteroatoms. The topological polar surface area (TPSA) is 94.6 Å². The molecule has 0 saturated carbocycles. The standard InChI is InChI=1S/C21H20N2O5/c1-27-18(24)12-11-17(21(26)28-2)23-20(25)19-13-7-3-5-9-15(13)22-16-10-6-4-8-14(16)19/h3-10,17H,11-12H2,1-2H3,(H,23,25)/t17-/m0/s1. The number of nitrogens with zero attached hydrogens (tertiary/aromatic N) is 1. The molecule has 0 radical (unpaired) electrons. The van der Waals surface area contributed by atoms with E-state index in [1.165, 1.54) is 14.2 Å². The molecule has 1 aromatic heterocycles. The molecule has 3 aromatic rings. The molecule has 28 heavy (non-hydrogen) atoms. The van der Waals surface area contributed by atoms with Crippen LogP contribution in [0.5, 0.6) is 0 Å². The maximum absolute atomic E-state index is 13.2. The van der Waals surface area contributed by atoms with Gasteiger partial charge in [-0.2, -0.15) is 0 Å². The number of para-hydroxylation sites is 2. The number of carbonyl (C=O) groups is 3.